The molecule has 1 aromatic carbocycles. The first-order valence-corrected chi connectivity index (χ1v) is 7.54. The number of aromatic nitrogens is 2. The lowest BCUT2D eigenvalue weighted by atomic mass is 10.1. The van der Waals surface area contributed by atoms with Crippen LogP contribution in [-0.2, 0) is 0 Å². The van der Waals surface area contributed by atoms with Crippen molar-refractivity contribution in [1.82, 2.24) is 9.97 Å². The number of hydrogen-bond donors (Lipinski definition) is 1. The maximum Gasteiger partial charge on any atom is 0.144 e. The first kappa shape index (κ1) is 13.0. The predicted octanol–water partition coefficient (Wildman–Crippen LogP) is 5.08. The fraction of sp³-hybridized carbons (Fsp3) is 0.333. The van der Waals surface area contributed by atoms with Crippen molar-refractivity contribution in [3.8, 4) is 11.3 Å². The van der Waals surface area contributed by atoms with Gasteiger partial charge in [0.2, 0.25) is 0 Å². The van der Waals surface area contributed by atoms with Gasteiger partial charge in [-0.2, -0.15) is 0 Å². The van der Waals surface area contributed by atoms with Gasteiger partial charge in [-0.3, -0.25) is 0 Å². The Hall–Kier alpha value is -1.00. The molecule has 1 saturated carbocycles. The number of nitrogens with one attached hydrogen (secondary N) is 1. The summed E-state index contributed by atoms with van der Waals surface area (Å²) < 4.78 is 1.51. The lowest BCUT2D eigenvalue weighted by Gasteiger charge is -2.10. The van der Waals surface area contributed by atoms with Gasteiger partial charge in [-0.25, -0.2) is 4.98 Å². The maximum atomic E-state index is 5.37. The van der Waals surface area contributed by atoms with Crippen LogP contribution in [0, 0.1) is 10.1 Å². The van der Waals surface area contributed by atoms with Crippen molar-refractivity contribution in [3.63, 3.8) is 0 Å². The Kier molecular flexibility index (Phi) is 3.10. The Morgan fingerprint density at radius 1 is 1.32 bits per heavy atom. The Morgan fingerprint density at radius 3 is 2.53 bits per heavy atom. The number of rotatable bonds is 2. The van der Waals surface area contributed by atoms with Gasteiger partial charge in [-0.05, 0) is 33.3 Å². The van der Waals surface area contributed by atoms with Crippen LogP contribution >= 0.6 is 28.1 Å². The van der Waals surface area contributed by atoms with Gasteiger partial charge in [0, 0.05) is 5.92 Å². The summed E-state index contributed by atoms with van der Waals surface area (Å²) in [4.78, 5) is 7.99. The number of H-pyrrole nitrogens is 1. The zero-order valence-electron chi connectivity index (χ0n) is 10.9. The van der Waals surface area contributed by atoms with E-state index in [2.05, 4.69) is 51.9 Å². The molecule has 1 atom stereocenters. The van der Waals surface area contributed by atoms with Crippen LogP contribution in [0.25, 0.3) is 11.3 Å². The smallest absolute Gasteiger partial charge is 0.144 e. The summed E-state index contributed by atoms with van der Waals surface area (Å²) in [5, 5.41) is 0. The van der Waals surface area contributed by atoms with Gasteiger partial charge in [0.05, 0.1) is 10.2 Å². The molecule has 98 valence electrons. The van der Waals surface area contributed by atoms with Crippen LogP contribution < -0.4 is 0 Å². The second-order valence-corrected chi connectivity index (χ2v) is 6.91. The van der Waals surface area contributed by atoms with Gasteiger partial charge in [0.25, 0.3) is 0 Å². The van der Waals surface area contributed by atoms with Crippen molar-refractivity contribution in [3.05, 3.63) is 45.3 Å². The van der Waals surface area contributed by atoms with Crippen molar-refractivity contribution in [2.45, 2.75) is 26.2 Å². The van der Waals surface area contributed by atoms with E-state index in [0.29, 0.717) is 16.0 Å². The van der Waals surface area contributed by atoms with Gasteiger partial charge < -0.3 is 4.98 Å². The van der Waals surface area contributed by atoms with E-state index in [1.54, 1.807) is 0 Å². The molecule has 3 rings (SSSR count). The molecule has 0 radical (unpaired) electrons. The summed E-state index contributed by atoms with van der Waals surface area (Å²) in [5.41, 5.74) is 2.49. The summed E-state index contributed by atoms with van der Waals surface area (Å²) in [6, 6.07) is 10.2. The summed E-state index contributed by atoms with van der Waals surface area (Å²) in [6.45, 7) is 4.53. The zero-order valence-corrected chi connectivity index (χ0v) is 13.3. The van der Waals surface area contributed by atoms with E-state index in [-0.39, 0.29) is 0 Å². The molecule has 0 aliphatic heterocycles. The SMILES string of the molecule is CC1(C)CC1c1nc(=S)c(Br)c(-c2ccccc2)[nH]1. The van der Waals surface area contributed by atoms with Gasteiger partial charge in [-0.15, -0.1) is 0 Å². The summed E-state index contributed by atoms with van der Waals surface area (Å²) in [5.74, 6) is 1.50. The second kappa shape index (κ2) is 4.53. The lowest BCUT2D eigenvalue weighted by Crippen LogP contribution is -2.00. The number of benzene rings is 1. The minimum atomic E-state index is 0.340. The van der Waals surface area contributed by atoms with Gasteiger partial charge in [-0.1, -0.05) is 56.4 Å². The van der Waals surface area contributed by atoms with E-state index in [9.17, 15) is 0 Å². The molecular formula is C15H15BrN2S. The van der Waals surface area contributed by atoms with Crippen LogP contribution in [0.15, 0.2) is 34.8 Å². The molecule has 1 aliphatic carbocycles. The topological polar surface area (TPSA) is 28.7 Å². The maximum absolute atomic E-state index is 5.37. The van der Waals surface area contributed by atoms with Crippen LogP contribution in [0.2, 0.25) is 0 Å². The molecule has 2 nitrogen and oxygen atoms in total. The van der Waals surface area contributed by atoms with E-state index < -0.39 is 0 Å². The molecule has 0 saturated heterocycles. The quantitative estimate of drug-likeness (QED) is 0.775. The van der Waals surface area contributed by atoms with Crippen LogP contribution in [0.3, 0.4) is 0 Å². The molecule has 1 fully saturated rings. The van der Waals surface area contributed by atoms with Gasteiger partial charge in [0.1, 0.15) is 10.5 Å². The van der Waals surface area contributed by atoms with Crippen molar-refractivity contribution in [2.24, 2.45) is 5.41 Å². The molecule has 2 aromatic rings. The van der Waals surface area contributed by atoms with E-state index in [1.165, 1.54) is 6.42 Å². The average molecular weight is 335 g/mol. The molecule has 0 amide bonds. The fourth-order valence-electron chi connectivity index (χ4n) is 2.38. The Labute approximate surface area is 126 Å². The number of nitrogens with zero attached hydrogens (tertiary/aromatic N) is 1. The van der Waals surface area contributed by atoms with Crippen molar-refractivity contribution >= 4 is 28.1 Å². The van der Waals surface area contributed by atoms with Crippen molar-refractivity contribution in [2.75, 3.05) is 0 Å². The molecule has 1 N–H and O–H groups in total. The highest BCUT2D eigenvalue weighted by Crippen LogP contribution is 2.57. The Morgan fingerprint density at radius 2 is 1.95 bits per heavy atom. The highest BCUT2D eigenvalue weighted by molar-refractivity contribution is 9.10. The standard InChI is InChI=1S/C15H15BrN2S/c1-15(2)8-10(15)13-17-12(11(16)14(19)18-13)9-6-4-3-5-7-9/h3-7,10H,8H2,1-2H3,(H,17,18,19). The first-order chi connectivity index (χ1) is 8.99. The van der Waals surface area contributed by atoms with Crippen molar-refractivity contribution in [1.29, 1.82) is 0 Å². The van der Waals surface area contributed by atoms with Gasteiger partial charge in [0.15, 0.2) is 0 Å². The van der Waals surface area contributed by atoms with E-state index in [1.807, 2.05) is 18.2 Å². The van der Waals surface area contributed by atoms with Crippen LogP contribution in [0.1, 0.15) is 32.0 Å². The third-order valence-electron chi connectivity index (χ3n) is 3.79. The molecule has 4 heteroatoms. The van der Waals surface area contributed by atoms with E-state index >= 15 is 0 Å². The minimum Gasteiger partial charge on any atom is -0.342 e. The van der Waals surface area contributed by atoms with Crippen LogP contribution in [0.4, 0.5) is 0 Å². The fourth-order valence-corrected chi connectivity index (χ4v) is 3.00. The largest absolute Gasteiger partial charge is 0.342 e. The molecule has 0 bridgehead atoms. The number of aromatic amines is 1. The van der Waals surface area contributed by atoms with Crippen LogP contribution in [0.5, 0.6) is 0 Å². The Balaban J connectivity index is 2.13. The predicted molar refractivity (Wildman–Crippen MR) is 83.7 cm³/mol. The molecule has 19 heavy (non-hydrogen) atoms. The van der Waals surface area contributed by atoms with E-state index in [0.717, 1.165) is 21.6 Å². The molecular weight excluding hydrogens is 320 g/mol. The van der Waals surface area contributed by atoms with Crippen molar-refractivity contribution < 1.29 is 0 Å². The van der Waals surface area contributed by atoms with Crippen LogP contribution in [-0.4, -0.2) is 9.97 Å². The highest BCUT2D eigenvalue weighted by Gasteiger charge is 2.48. The molecule has 1 heterocycles. The number of halogens is 1. The summed E-state index contributed by atoms with van der Waals surface area (Å²) in [7, 11) is 0. The first-order valence-electron chi connectivity index (χ1n) is 6.34. The Bertz CT molecular complexity index is 676. The normalized spacial score (nSPS) is 20.3. The second-order valence-electron chi connectivity index (χ2n) is 5.73. The lowest BCUT2D eigenvalue weighted by molar-refractivity contribution is 0.608. The van der Waals surface area contributed by atoms with Gasteiger partial charge >= 0.3 is 0 Å². The molecule has 1 aromatic heterocycles. The highest BCUT2D eigenvalue weighted by atomic mass is 79.9. The summed E-state index contributed by atoms with van der Waals surface area (Å²) in [6.07, 6.45) is 1.17. The minimum absolute atomic E-state index is 0.340. The molecule has 1 aliphatic rings. The zero-order chi connectivity index (χ0) is 13.6. The molecule has 1 unspecified atom stereocenters. The summed E-state index contributed by atoms with van der Waals surface area (Å²) >= 11 is 8.92. The average Bonchev–Trinajstić information content (AvgIpc) is 3.03. The number of hydrogen-bond acceptors (Lipinski definition) is 2. The van der Waals surface area contributed by atoms with E-state index in [4.69, 9.17) is 12.2 Å². The third-order valence-corrected chi connectivity index (χ3v) is 5.12. The third kappa shape index (κ3) is 2.39. The monoisotopic (exact) mass is 334 g/mol. The molecule has 0 spiro atoms.